The van der Waals surface area contributed by atoms with Gasteiger partial charge in [-0.25, -0.2) is 0 Å². The molecule has 0 saturated carbocycles. The van der Waals surface area contributed by atoms with Crippen molar-refractivity contribution in [1.82, 2.24) is 5.32 Å². The number of carbonyl (C=O) groups is 1. The molecule has 1 amide bonds. The van der Waals surface area contributed by atoms with Crippen LogP contribution in [0.4, 0.5) is 0 Å². The van der Waals surface area contributed by atoms with E-state index >= 15 is 0 Å². The van der Waals surface area contributed by atoms with Crippen molar-refractivity contribution in [3.05, 3.63) is 0 Å². The third-order valence-electron chi connectivity index (χ3n) is 2.02. The summed E-state index contributed by atoms with van der Waals surface area (Å²) in [5.41, 5.74) is 5.52. The minimum atomic E-state index is -0.402. The van der Waals surface area contributed by atoms with Crippen LogP contribution >= 0.6 is 0 Å². The van der Waals surface area contributed by atoms with Crippen LogP contribution in [0.3, 0.4) is 0 Å². The summed E-state index contributed by atoms with van der Waals surface area (Å²) < 4.78 is 0. The molecule has 4 heteroatoms. The number of aliphatic hydroxyl groups is 1. The van der Waals surface area contributed by atoms with Gasteiger partial charge in [-0.15, -0.1) is 0 Å². The number of rotatable bonds is 6. The summed E-state index contributed by atoms with van der Waals surface area (Å²) in [4.78, 5) is 11.2. The molecule has 0 spiro atoms. The molecule has 0 aliphatic heterocycles. The third-order valence-corrected chi connectivity index (χ3v) is 2.02. The molecule has 2 atom stereocenters. The van der Waals surface area contributed by atoms with Gasteiger partial charge in [0, 0.05) is 13.2 Å². The van der Waals surface area contributed by atoms with Gasteiger partial charge in [0.25, 0.3) is 0 Å². The van der Waals surface area contributed by atoms with Crippen molar-refractivity contribution in [3.8, 4) is 0 Å². The molecule has 0 aliphatic carbocycles. The van der Waals surface area contributed by atoms with Gasteiger partial charge in [-0.1, -0.05) is 13.8 Å². The molecule has 78 valence electrons. The Morgan fingerprint density at radius 1 is 1.62 bits per heavy atom. The van der Waals surface area contributed by atoms with Gasteiger partial charge in [-0.05, 0) is 18.8 Å². The van der Waals surface area contributed by atoms with Gasteiger partial charge in [-0.2, -0.15) is 0 Å². The highest BCUT2D eigenvalue weighted by molar-refractivity contribution is 5.81. The zero-order valence-corrected chi connectivity index (χ0v) is 8.42. The lowest BCUT2D eigenvalue weighted by Gasteiger charge is -2.13. The van der Waals surface area contributed by atoms with Crippen molar-refractivity contribution in [3.63, 3.8) is 0 Å². The monoisotopic (exact) mass is 188 g/mol. The first-order valence-electron chi connectivity index (χ1n) is 4.76. The SMILES string of the molecule is CC[C@H](N)C(=O)NCC(C)CCO. The van der Waals surface area contributed by atoms with Crippen molar-refractivity contribution < 1.29 is 9.90 Å². The third kappa shape index (κ3) is 5.60. The average Bonchev–Trinajstić information content (AvgIpc) is 2.13. The van der Waals surface area contributed by atoms with Gasteiger partial charge in [0.15, 0.2) is 0 Å². The summed E-state index contributed by atoms with van der Waals surface area (Å²) in [6.07, 6.45) is 1.36. The number of amides is 1. The van der Waals surface area contributed by atoms with E-state index in [1.54, 1.807) is 0 Å². The first-order valence-corrected chi connectivity index (χ1v) is 4.76. The summed E-state index contributed by atoms with van der Waals surface area (Å²) in [6, 6.07) is -0.402. The molecule has 1 unspecified atom stereocenters. The number of nitrogens with one attached hydrogen (secondary N) is 1. The maximum absolute atomic E-state index is 11.2. The Morgan fingerprint density at radius 2 is 2.23 bits per heavy atom. The van der Waals surface area contributed by atoms with Crippen LogP contribution < -0.4 is 11.1 Å². The van der Waals surface area contributed by atoms with Crippen molar-refractivity contribution >= 4 is 5.91 Å². The van der Waals surface area contributed by atoms with E-state index in [1.165, 1.54) is 0 Å². The Morgan fingerprint density at radius 3 is 2.69 bits per heavy atom. The van der Waals surface area contributed by atoms with Crippen molar-refractivity contribution in [2.75, 3.05) is 13.2 Å². The van der Waals surface area contributed by atoms with Crippen LogP contribution in [0.25, 0.3) is 0 Å². The highest BCUT2D eigenvalue weighted by Crippen LogP contribution is 1.98. The summed E-state index contributed by atoms with van der Waals surface area (Å²) in [5.74, 6) is 0.199. The summed E-state index contributed by atoms with van der Waals surface area (Å²) in [7, 11) is 0. The lowest BCUT2D eigenvalue weighted by Crippen LogP contribution is -2.41. The van der Waals surface area contributed by atoms with Crippen LogP contribution in [0, 0.1) is 5.92 Å². The van der Waals surface area contributed by atoms with E-state index < -0.39 is 6.04 Å². The molecule has 0 bridgehead atoms. The fraction of sp³-hybridized carbons (Fsp3) is 0.889. The van der Waals surface area contributed by atoms with Gasteiger partial charge in [0.1, 0.15) is 0 Å². The minimum absolute atomic E-state index is 0.104. The zero-order valence-electron chi connectivity index (χ0n) is 8.42. The van der Waals surface area contributed by atoms with Crippen LogP contribution in [0.1, 0.15) is 26.7 Å². The predicted octanol–water partition coefficient (Wildman–Crippen LogP) is -0.142. The van der Waals surface area contributed by atoms with Crippen molar-refractivity contribution in [1.29, 1.82) is 0 Å². The van der Waals surface area contributed by atoms with E-state index in [0.29, 0.717) is 25.3 Å². The van der Waals surface area contributed by atoms with Gasteiger partial charge < -0.3 is 16.2 Å². The van der Waals surface area contributed by atoms with E-state index in [4.69, 9.17) is 10.8 Å². The molecule has 0 rings (SSSR count). The van der Waals surface area contributed by atoms with E-state index in [1.807, 2.05) is 13.8 Å². The van der Waals surface area contributed by atoms with Gasteiger partial charge in [0.2, 0.25) is 5.91 Å². The Hall–Kier alpha value is -0.610. The number of aliphatic hydroxyl groups excluding tert-OH is 1. The average molecular weight is 188 g/mol. The maximum Gasteiger partial charge on any atom is 0.236 e. The lowest BCUT2D eigenvalue weighted by atomic mass is 10.1. The molecule has 0 aliphatic rings. The first kappa shape index (κ1) is 12.4. The summed E-state index contributed by atoms with van der Waals surface area (Å²) >= 11 is 0. The van der Waals surface area contributed by atoms with Gasteiger partial charge in [0.05, 0.1) is 6.04 Å². The largest absolute Gasteiger partial charge is 0.396 e. The predicted molar refractivity (Wildman–Crippen MR) is 52.1 cm³/mol. The van der Waals surface area contributed by atoms with Crippen molar-refractivity contribution in [2.24, 2.45) is 11.7 Å². The highest BCUT2D eigenvalue weighted by Gasteiger charge is 2.11. The topological polar surface area (TPSA) is 75.4 Å². The fourth-order valence-corrected chi connectivity index (χ4v) is 0.914. The van der Waals surface area contributed by atoms with E-state index in [9.17, 15) is 4.79 Å². The number of carbonyl (C=O) groups excluding carboxylic acids is 1. The lowest BCUT2D eigenvalue weighted by molar-refractivity contribution is -0.122. The van der Waals surface area contributed by atoms with Crippen LogP contribution in [0.2, 0.25) is 0 Å². The van der Waals surface area contributed by atoms with Gasteiger partial charge in [-0.3, -0.25) is 4.79 Å². The molecule has 4 nitrogen and oxygen atoms in total. The molecule has 13 heavy (non-hydrogen) atoms. The quantitative estimate of drug-likeness (QED) is 0.543. The summed E-state index contributed by atoms with van der Waals surface area (Å²) in [6.45, 7) is 4.61. The molecule has 4 N–H and O–H groups in total. The first-order chi connectivity index (χ1) is 6.11. The second-order valence-corrected chi connectivity index (χ2v) is 3.38. The van der Waals surface area contributed by atoms with Gasteiger partial charge >= 0.3 is 0 Å². The molecule has 0 aromatic rings. The molecular weight excluding hydrogens is 168 g/mol. The molecule has 0 radical (unpaired) electrons. The standard InChI is InChI=1S/C9H20N2O2/c1-3-8(10)9(13)11-6-7(2)4-5-12/h7-8,12H,3-6,10H2,1-2H3,(H,11,13)/t7?,8-/m0/s1. The molecule has 0 fully saturated rings. The van der Waals surface area contributed by atoms with Crippen LogP contribution in [0.15, 0.2) is 0 Å². The van der Waals surface area contributed by atoms with Crippen LogP contribution in [-0.2, 0) is 4.79 Å². The second-order valence-electron chi connectivity index (χ2n) is 3.38. The Labute approximate surface area is 79.5 Å². The maximum atomic E-state index is 11.2. The highest BCUT2D eigenvalue weighted by atomic mass is 16.3. The molecule has 0 heterocycles. The summed E-state index contributed by atoms with van der Waals surface area (Å²) in [5, 5.41) is 11.4. The number of nitrogens with two attached hydrogens (primary N) is 1. The number of hydrogen-bond acceptors (Lipinski definition) is 3. The van der Waals surface area contributed by atoms with E-state index in [0.717, 1.165) is 0 Å². The Bertz CT molecular complexity index is 151. The minimum Gasteiger partial charge on any atom is -0.396 e. The fourth-order valence-electron chi connectivity index (χ4n) is 0.914. The molecular formula is C9H20N2O2. The van der Waals surface area contributed by atoms with E-state index in [2.05, 4.69) is 5.32 Å². The van der Waals surface area contributed by atoms with E-state index in [-0.39, 0.29) is 12.5 Å². The van der Waals surface area contributed by atoms with Crippen LogP contribution in [0.5, 0.6) is 0 Å². The Balaban J connectivity index is 3.57. The van der Waals surface area contributed by atoms with Crippen LogP contribution in [-0.4, -0.2) is 30.2 Å². The second kappa shape index (κ2) is 6.86. The molecule has 0 saturated heterocycles. The Kier molecular flexibility index (Phi) is 6.54. The molecule has 0 aromatic heterocycles. The zero-order chi connectivity index (χ0) is 10.3. The smallest absolute Gasteiger partial charge is 0.236 e. The normalized spacial score (nSPS) is 15.1. The number of hydrogen-bond donors (Lipinski definition) is 3. The van der Waals surface area contributed by atoms with Crippen molar-refractivity contribution in [2.45, 2.75) is 32.7 Å². The molecule has 0 aromatic carbocycles.